The highest BCUT2D eigenvalue weighted by atomic mass is 19.1. The summed E-state index contributed by atoms with van der Waals surface area (Å²) in [5.41, 5.74) is 2.52. The smallest absolute Gasteiger partial charge is 0.244 e. The summed E-state index contributed by atoms with van der Waals surface area (Å²) in [5.74, 6) is 0.0336. The molecule has 3 aromatic carbocycles. The average molecular weight is 434 g/mol. The molecule has 6 nitrogen and oxygen atoms in total. The molecule has 0 spiro atoms. The number of hydrogen-bond donors (Lipinski definition) is 1. The van der Waals surface area contributed by atoms with E-state index in [9.17, 15) is 14.0 Å². The van der Waals surface area contributed by atoms with Crippen LogP contribution in [0.1, 0.15) is 22.7 Å². The zero-order valence-corrected chi connectivity index (χ0v) is 17.8. The first-order valence-electron chi connectivity index (χ1n) is 10.1. The summed E-state index contributed by atoms with van der Waals surface area (Å²) in [7, 11) is 3.07. The van der Waals surface area contributed by atoms with Gasteiger partial charge >= 0.3 is 0 Å². The van der Waals surface area contributed by atoms with Gasteiger partial charge in [0.25, 0.3) is 0 Å². The second-order valence-electron chi connectivity index (χ2n) is 7.48. The lowest BCUT2D eigenvalue weighted by Crippen LogP contribution is -2.39. The molecule has 164 valence electrons. The summed E-state index contributed by atoms with van der Waals surface area (Å²) in [6.45, 7) is -0.151. The van der Waals surface area contributed by atoms with Gasteiger partial charge in [-0.2, -0.15) is 0 Å². The third kappa shape index (κ3) is 4.27. The van der Waals surface area contributed by atoms with Crippen molar-refractivity contribution in [1.82, 2.24) is 4.90 Å². The van der Waals surface area contributed by atoms with E-state index in [0.717, 1.165) is 5.56 Å². The lowest BCUT2D eigenvalue weighted by atomic mass is 9.95. The largest absolute Gasteiger partial charge is 0.493 e. The molecule has 7 heteroatoms. The van der Waals surface area contributed by atoms with Gasteiger partial charge in [0, 0.05) is 11.3 Å². The first-order valence-corrected chi connectivity index (χ1v) is 10.1. The van der Waals surface area contributed by atoms with Crippen LogP contribution in [-0.4, -0.2) is 37.5 Å². The summed E-state index contributed by atoms with van der Waals surface area (Å²) in [6.07, 6.45) is 0.0433. The zero-order chi connectivity index (χ0) is 22.7. The number of anilines is 1. The Kier molecular flexibility index (Phi) is 6.07. The molecule has 1 aliphatic heterocycles. The van der Waals surface area contributed by atoms with Crippen LogP contribution < -0.4 is 14.8 Å². The SMILES string of the molecule is COc1ccc(CC(=O)N2CC(=O)Nc3ccc(F)cc3C2c2ccccc2)cc1OC. The predicted molar refractivity (Wildman–Crippen MR) is 118 cm³/mol. The highest BCUT2D eigenvalue weighted by molar-refractivity contribution is 5.97. The minimum Gasteiger partial charge on any atom is -0.493 e. The van der Waals surface area contributed by atoms with Crippen molar-refractivity contribution in [2.24, 2.45) is 0 Å². The van der Waals surface area contributed by atoms with Crippen molar-refractivity contribution in [3.05, 3.63) is 89.2 Å². The summed E-state index contributed by atoms with van der Waals surface area (Å²) in [6, 6.07) is 18.1. The molecule has 0 bridgehead atoms. The van der Waals surface area contributed by atoms with Crippen molar-refractivity contribution in [1.29, 1.82) is 0 Å². The normalized spacial score (nSPS) is 15.4. The van der Waals surface area contributed by atoms with Crippen LogP contribution in [0.15, 0.2) is 66.7 Å². The van der Waals surface area contributed by atoms with E-state index in [1.165, 1.54) is 30.2 Å². The van der Waals surface area contributed by atoms with Gasteiger partial charge in [0.05, 0.1) is 26.7 Å². The standard InChI is InChI=1S/C25H23FN2O4/c1-31-21-11-8-16(12-22(21)32-2)13-24(30)28-15-23(29)27-20-10-9-18(26)14-19(20)25(28)17-6-4-3-5-7-17/h3-12,14,25H,13,15H2,1-2H3,(H,27,29). The zero-order valence-electron chi connectivity index (χ0n) is 17.8. The minimum absolute atomic E-state index is 0.0433. The summed E-state index contributed by atoms with van der Waals surface area (Å²) < 4.78 is 24.8. The predicted octanol–water partition coefficient (Wildman–Crippen LogP) is 3.96. The van der Waals surface area contributed by atoms with Gasteiger partial charge in [-0.1, -0.05) is 36.4 Å². The van der Waals surface area contributed by atoms with Crippen molar-refractivity contribution < 1.29 is 23.5 Å². The van der Waals surface area contributed by atoms with E-state index in [1.807, 2.05) is 30.3 Å². The number of hydrogen-bond acceptors (Lipinski definition) is 4. The number of nitrogens with one attached hydrogen (secondary N) is 1. The van der Waals surface area contributed by atoms with Crippen molar-refractivity contribution in [3.8, 4) is 11.5 Å². The van der Waals surface area contributed by atoms with Gasteiger partial charge in [-0.25, -0.2) is 4.39 Å². The minimum atomic E-state index is -0.617. The monoisotopic (exact) mass is 434 g/mol. The Hall–Kier alpha value is -3.87. The quantitative estimate of drug-likeness (QED) is 0.660. The number of rotatable bonds is 5. The number of amides is 2. The van der Waals surface area contributed by atoms with Crippen molar-refractivity contribution >= 4 is 17.5 Å². The van der Waals surface area contributed by atoms with E-state index in [-0.39, 0.29) is 24.8 Å². The Morgan fingerprint density at radius 1 is 1.03 bits per heavy atom. The van der Waals surface area contributed by atoms with E-state index in [1.54, 1.807) is 25.3 Å². The second-order valence-corrected chi connectivity index (χ2v) is 7.48. The van der Waals surface area contributed by atoms with Crippen LogP contribution in [0.2, 0.25) is 0 Å². The summed E-state index contributed by atoms with van der Waals surface area (Å²) >= 11 is 0. The van der Waals surface area contributed by atoms with E-state index >= 15 is 0 Å². The number of carbonyl (C=O) groups is 2. The van der Waals surface area contributed by atoms with E-state index in [0.29, 0.717) is 28.3 Å². The number of fused-ring (bicyclic) bond motifs is 1. The Bertz CT molecular complexity index is 1150. The molecule has 32 heavy (non-hydrogen) atoms. The lowest BCUT2D eigenvalue weighted by molar-refractivity contribution is -0.135. The Morgan fingerprint density at radius 3 is 2.50 bits per heavy atom. The van der Waals surface area contributed by atoms with Crippen molar-refractivity contribution in [2.45, 2.75) is 12.5 Å². The Balaban J connectivity index is 1.75. The van der Waals surface area contributed by atoms with E-state index in [2.05, 4.69) is 5.32 Å². The molecule has 1 N–H and O–H groups in total. The molecule has 3 aromatic rings. The van der Waals surface area contributed by atoms with Crippen LogP contribution in [0, 0.1) is 5.82 Å². The third-order valence-corrected chi connectivity index (χ3v) is 5.45. The summed E-state index contributed by atoms with van der Waals surface area (Å²) in [4.78, 5) is 27.6. The molecule has 1 aliphatic rings. The molecule has 0 aliphatic carbocycles. The van der Waals surface area contributed by atoms with Gasteiger partial charge in [-0.15, -0.1) is 0 Å². The maximum atomic E-state index is 14.2. The number of benzene rings is 3. The van der Waals surface area contributed by atoms with E-state index in [4.69, 9.17) is 9.47 Å². The van der Waals surface area contributed by atoms with Crippen LogP contribution in [0.3, 0.4) is 0 Å². The van der Waals surface area contributed by atoms with Gasteiger partial charge in [0.2, 0.25) is 11.8 Å². The lowest BCUT2D eigenvalue weighted by Gasteiger charge is -2.30. The molecule has 0 aromatic heterocycles. The molecule has 1 heterocycles. The first-order chi connectivity index (χ1) is 15.5. The molecule has 0 fully saturated rings. The first kappa shape index (κ1) is 21.4. The average Bonchev–Trinajstić information content (AvgIpc) is 2.95. The third-order valence-electron chi connectivity index (χ3n) is 5.45. The molecule has 2 amide bonds. The highest BCUT2D eigenvalue weighted by Crippen LogP contribution is 2.37. The highest BCUT2D eigenvalue weighted by Gasteiger charge is 2.33. The van der Waals surface area contributed by atoms with Crippen LogP contribution in [0.4, 0.5) is 10.1 Å². The molecule has 4 rings (SSSR count). The number of halogens is 1. The van der Waals surface area contributed by atoms with Crippen LogP contribution in [0.5, 0.6) is 11.5 Å². The van der Waals surface area contributed by atoms with Gasteiger partial charge in [0.15, 0.2) is 11.5 Å². The molecule has 0 saturated carbocycles. The van der Waals surface area contributed by atoms with Crippen molar-refractivity contribution in [2.75, 3.05) is 26.1 Å². The fourth-order valence-electron chi connectivity index (χ4n) is 3.97. The van der Waals surface area contributed by atoms with Gasteiger partial charge in [0.1, 0.15) is 12.4 Å². The molecule has 0 radical (unpaired) electrons. The number of nitrogens with zero attached hydrogens (tertiary/aromatic N) is 1. The Labute approximate surface area is 185 Å². The summed E-state index contributed by atoms with van der Waals surface area (Å²) in [5, 5.41) is 2.80. The van der Waals surface area contributed by atoms with Gasteiger partial charge in [-0.05, 0) is 41.5 Å². The molecule has 1 atom stereocenters. The van der Waals surface area contributed by atoms with E-state index < -0.39 is 11.9 Å². The second kappa shape index (κ2) is 9.09. The fraction of sp³-hybridized carbons (Fsp3) is 0.200. The molecular weight excluding hydrogens is 411 g/mol. The molecule has 1 unspecified atom stereocenters. The maximum absolute atomic E-state index is 14.2. The molecular formula is C25H23FN2O4. The fourth-order valence-corrected chi connectivity index (χ4v) is 3.97. The number of methoxy groups -OCH3 is 2. The molecule has 0 saturated heterocycles. The topological polar surface area (TPSA) is 67.9 Å². The maximum Gasteiger partial charge on any atom is 0.244 e. The van der Waals surface area contributed by atoms with Crippen LogP contribution in [0.25, 0.3) is 0 Å². The number of ether oxygens (including phenoxy) is 2. The number of carbonyl (C=O) groups excluding carboxylic acids is 2. The van der Waals surface area contributed by atoms with Crippen LogP contribution >= 0.6 is 0 Å². The van der Waals surface area contributed by atoms with Crippen molar-refractivity contribution in [3.63, 3.8) is 0 Å². The Morgan fingerprint density at radius 2 is 1.78 bits per heavy atom. The van der Waals surface area contributed by atoms with Crippen LogP contribution in [-0.2, 0) is 16.0 Å². The van der Waals surface area contributed by atoms with Gasteiger partial charge < -0.3 is 19.7 Å². The van der Waals surface area contributed by atoms with Gasteiger partial charge in [-0.3, -0.25) is 9.59 Å².